The van der Waals surface area contributed by atoms with E-state index in [1.54, 1.807) is 0 Å². The number of hydrogen-bond acceptors (Lipinski definition) is 0. The second kappa shape index (κ2) is 1.78. The molecule has 1 aromatic heterocycles. The fourth-order valence-electron chi connectivity index (χ4n) is 0.325. The summed E-state index contributed by atoms with van der Waals surface area (Å²) in [5, 5.41) is 1.54. The Morgan fingerprint density at radius 3 is 2.83 bits per heavy atom. The van der Waals surface area contributed by atoms with E-state index in [9.17, 15) is 0 Å². The van der Waals surface area contributed by atoms with Gasteiger partial charge in [-0.1, -0.05) is 8.19 Å². The third-order valence-electron chi connectivity index (χ3n) is 0.635. The Labute approximate surface area is 40.8 Å². The largest absolute Gasteiger partial charge is 0.132 e. The van der Waals surface area contributed by atoms with E-state index < -0.39 is 0 Å². The average molecular weight is 116 g/mol. The highest BCUT2D eigenvalue weighted by molar-refractivity contribution is 7.46. The van der Waals surface area contributed by atoms with Gasteiger partial charge in [0.1, 0.15) is 0 Å². The predicted molar refractivity (Wildman–Crippen MR) is 33.2 cm³/mol. The molecule has 32 valence electrons. The summed E-state index contributed by atoms with van der Waals surface area (Å²) in [6.07, 6.45) is 0. The van der Waals surface area contributed by atoms with Gasteiger partial charge in [0.05, 0.1) is 0 Å². The van der Waals surface area contributed by atoms with E-state index in [4.69, 9.17) is 0 Å². The number of aryl methyl sites for hydroxylation is 1. The molecule has 1 atom stereocenters. The van der Waals surface area contributed by atoms with E-state index in [2.05, 4.69) is 18.3 Å². The monoisotopic (exact) mass is 116 g/mol. The van der Waals surface area contributed by atoms with Gasteiger partial charge < -0.3 is 0 Å². The van der Waals surface area contributed by atoms with Crippen LogP contribution in [0, 0.1) is 6.92 Å². The quantitative estimate of drug-likeness (QED) is 0.488. The van der Waals surface area contributed by atoms with Gasteiger partial charge in [0, 0.05) is 0 Å². The van der Waals surface area contributed by atoms with Gasteiger partial charge in [0.2, 0.25) is 0 Å². The molecular formula is C4H6P2. The van der Waals surface area contributed by atoms with Crippen LogP contribution in [0.25, 0.3) is 0 Å². The van der Waals surface area contributed by atoms with Gasteiger partial charge in [-0.05, 0) is 23.5 Å². The highest BCUT2D eigenvalue weighted by atomic mass is 31.1. The molecule has 0 aromatic carbocycles. The van der Waals surface area contributed by atoms with Crippen molar-refractivity contribution in [2.45, 2.75) is 6.92 Å². The Morgan fingerprint density at radius 1 is 1.83 bits per heavy atom. The highest BCUT2D eigenvalue weighted by Gasteiger charge is 1.73. The first kappa shape index (κ1) is 4.37. The van der Waals surface area contributed by atoms with Crippen molar-refractivity contribution in [1.82, 2.24) is 0 Å². The first-order valence-corrected chi connectivity index (χ1v) is 3.95. The Bertz CT molecular complexity index is 109. The topological polar surface area (TPSA) is 0 Å². The minimum atomic E-state index is 1.01. The van der Waals surface area contributed by atoms with Gasteiger partial charge in [-0.3, -0.25) is 0 Å². The molecule has 0 aliphatic carbocycles. The first-order valence-electron chi connectivity index (χ1n) is 1.84. The van der Waals surface area contributed by atoms with Crippen molar-refractivity contribution in [3.63, 3.8) is 0 Å². The average Bonchev–Trinajstić information content (AvgIpc) is 1.86. The smallest absolute Gasteiger partial charge is 0.0177 e. The van der Waals surface area contributed by atoms with Crippen molar-refractivity contribution >= 4 is 16.4 Å². The Morgan fingerprint density at radius 2 is 2.67 bits per heavy atom. The summed E-state index contributed by atoms with van der Waals surface area (Å²) in [7, 11) is 2.42. The van der Waals surface area contributed by atoms with E-state index >= 15 is 0 Å². The third kappa shape index (κ3) is 0.834. The maximum Gasteiger partial charge on any atom is -0.0177 e. The van der Waals surface area contributed by atoms with Crippen LogP contribution in [0.3, 0.4) is 0 Å². The molecule has 1 heterocycles. The van der Waals surface area contributed by atoms with Crippen LogP contribution >= 0.6 is 16.4 Å². The van der Waals surface area contributed by atoms with Gasteiger partial charge in [-0.25, -0.2) is 0 Å². The van der Waals surface area contributed by atoms with Gasteiger partial charge >= 0.3 is 0 Å². The lowest BCUT2D eigenvalue weighted by Crippen LogP contribution is -1.39. The van der Waals surface area contributed by atoms with Crippen molar-refractivity contribution in [3.05, 3.63) is 16.6 Å². The number of hydrogen-bond donors (Lipinski definition) is 0. The molecule has 0 saturated carbocycles. The van der Waals surface area contributed by atoms with Crippen LogP contribution in [-0.4, -0.2) is 0 Å². The van der Waals surface area contributed by atoms with Crippen molar-refractivity contribution in [1.29, 1.82) is 0 Å². The Balaban J connectivity index is 3.05. The lowest BCUT2D eigenvalue weighted by atomic mass is 10.7. The van der Waals surface area contributed by atoms with E-state index in [0.717, 1.165) is 8.19 Å². The molecule has 0 N–H and O–H groups in total. The Kier molecular flexibility index (Phi) is 1.29. The highest BCUT2D eigenvalue weighted by Crippen LogP contribution is 2.20. The molecule has 1 aromatic rings. The zero-order chi connectivity index (χ0) is 4.41. The normalized spacial score (nSPS) is 11.5. The van der Waals surface area contributed by atoms with E-state index in [-0.39, 0.29) is 0 Å². The third-order valence-corrected chi connectivity index (χ3v) is 3.13. The fraction of sp³-hybridized carbons (Fsp3) is 0.250. The first-order chi connectivity index (χ1) is 2.89. The Hall–Kier alpha value is 0.210. The SMILES string of the molecule is Cc1cpc[pH]1. The van der Waals surface area contributed by atoms with Gasteiger partial charge in [0.15, 0.2) is 0 Å². The minimum Gasteiger partial charge on any atom is -0.132 e. The summed E-state index contributed by atoms with van der Waals surface area (Å²) in [5.74, 6) is 2.25. The van der Waals surface area contributed by atoms with Crippen molar-refractivity contribution in [2.75, 3.05) is 0 Å². The maximum atomic E-state index is 2.29. The molecule has 0 bridgehead atoms. The predicted octanol–water partition coefficient (Wildman–Crippen LogP) is 2.61. The van der Waals surface area contributed by atoms with E-state index in [1.807, 2.05) is 0 Å². The van der Waals surface area contributed by atoms with Gasteiger partial charge in [0.25, 0.3) is 0 Å². The molecule has 0 aliphatic rings. The molecular weight excluding hydrogens is 110 g/mol. The lowest BCUT2D eigenvalue weighted by Gasteiger charge is -1.66. The molecule has 0 saturated heterocycles. The molecule has 1 rings (SSSR count). The fourth-order valence-corrected chi connectivity index (χ4v) is 2.48. The van der Waals surface area contributed by atoms with Crippen molar-refractivity contribution < 1.29 is 0 Å². The molecule has 0 radical (unpaired) electrons. The van der Waals surface area contributed by atoms with Crippen LogP contribution < -0.4 is 0 Å². The summed E-state index contributed by atoms with van der Waals surface area (Å²) in [5.41, 5.74) is 2.29. The summed E-state index contributed by atoms with van der Waals surface area (Å²) >= 11 is 0. The zero-order valence-electron chi connectivity index (χ0n) is 3.60. The minimum absolute atomic E-state index is 1.01. The van der Waals surface area contributed by atoms with Crippen LogP contribution in [0.5, 0.6) is 0 Å². The van der Waals surface area contributed by atoms with E-state index in [1.165, 1.54) is 13.5 Å². The van der Waals surface area contributed by atoms with Gasteiger partial charge in [-0.2, -0.15) is 0 Å². The van der Waals surface area contributed by atoms with Gasteiger partial charge in [-0.15, -0.1) is 8.19 Å². The molecule has 6 heavy (non-hydrogen) atoms. The summed E-state index contributed by atoms with van der Waals surface area (Å²) in [6.45, 7) is 2.18. The zero-order valence-corrected chi connectivity index (χ0v) is 5.50. The van der Waals surface area contributed by atoms with Crippen LogP contribution in [-0.2, 0) is 0 Å². The molecule has 0 fully saturated rings. The molecule has 1 unspecified atom stereocenters. The molecule has 0 aliphatic heterocycles. The molecule has 2 heteroatoms. The van der Waals surface area contributed by atoms with Crippen LogP contribution in [0.4, 0.5) is 0 Å². The van der Waals surface area contributed by atoms with E-state index in [0.29, 0.717) is 0 Å². The molecule has 0 amide bonds. The van der Waals surface area contributed by atoms with Crippen molar-refractivity contribution in [3.8, 4) is 0 Å². The lowest BCUT2D eigenvalue weighted by molar-refractivity contribution is 1.68. The summed E-state index contributed by atoms with van der Waals surface area (Å²) in [4.78, 5) is 0. The second-order valence-electron chi connectivity index (χ2n) is 1.23. The van der Waals surface area contributed by atoms with Crippen molar-refractivity contribution in [2.24, 2.45) is 0 Å². The standard InChI is InChI=1S/C4H6P2/c1-4-2-5-3-6-4/h2-3,6H,1H3. The van der Waals surface area contributed by atoms with Crippen LogP contribution in [0.2, 0.25) is 0 Å². The second-order valence-corrected chi connectivity index (χ2v) is 3.90. The van der Waals surface area contributed by atoms with Crippen LogP contribution in [0.15, 0.2) is 11.3 Å². The van der Waals surface area contributed by atoms with Crippen LogP contribution in [0.1, 0.15) is 5.30 Å². The molecule has 0 spiro atoms. The molecule has 0 nitrogen and oxygen atoms in total. The maximum absolute atomic E-state index is 2.29. The number of rotatable bonds is 0. The summed E-state index contributed by atoms with van der Waals surface area (Å²) < 4.78 is 0. The summed E-state index contributed by atoms with van der Waals surface area (Å²) in [6, 6.07) is 0.